The predicted octanol–water partition coefficient (Wildman–Crippen LogP) is 1.37. The molecule has 0 aliphatic rings. The molecule has 0 heterocycles. The van der Waals surface area contributed by atoms with E-state index in [1.54, 1.807) is 7.11 Å². The van der Waals surface area contributed by atoms with Gasteiger partial charge in [-0.05, 0) is 24.6 Å². The van der Waals surface area contributed by atoms with Gasteiger partial charge in [0.1, 0.15) is 0 Å². The lowest BCUT2D eigenvalue weighted by atomic mass is 10.2. The van der Waals surface area contributed by atoms with Crippen molar-refractivity contribution < 1.29 is 22.7 Å². The number of amides is 1. The average molecular weight is 379 g/mol. The van der Waals surface area contributed by atoms with Crippen molar-refractivity contribution in [2.24, 2.45) is 0 Å². The fourth-order valence-electron chi connectivity index (χ4n) is 1.77. The van der Waals surface area contributed by atoms with Gasteiger partial charge in [-0.2, -0.15) is 0 Å². The molecule has 7 nitrogen and oxygen atoms in total. The molecule has 0 aliphatic carbocycles. The molecule has 1 N–H and O–H groups in total. The zero-order chi connectivity index (χ0) is 18.2. The van der Waals surface area contributed by atoms with Gasteiger partial charge in [0, 0.05) is 34.4 Å². The summed E-state index contributed by atoms with van der Waals surface area (Å²) in [5.74, 6) is -0.423. The van der Waals surface area contributed by atoms with Gasteiger partial charge in [-0.25, -0.2) is 12.7 Å². The molecule has 24 heavy (non-hydrogen) atoms. The second-order valence-electron chi connectivity index (χ2n) is 5.14. The molecule has 1 aromatic carbocycles. The molecule has 0 bridgehead atoms. The van der Waals surface area contributed by atoms with Crippen molar-refractivity contribution in [3.8, 4) is 0 Å². The number of nitrogens with zero attached hydrogens (tertiary/aromatic N) is 1. The Morgan fingerprint density at radius 3 is 2.58 bits per heavy atom. The fraction of sp³-hybridized carbons (Fsp3) is 0.533. The van der Waals surface area contributed by atoms with E-state index in [0.717, 1.165) is 4.31 Å². The Hall–Kier alpha value is -1.19. The van der Waals surface area contributed by atoms with Crippen molar-refractivity contribution >= 4 is 27.5 Å². The van der Waals surface area contributed by atoms with Crippen LogP contribution in [-0.2, 0) is 19.5 Å². The van der Waals surface area contributed by atoms with E-state index in [2.05, 4.69) is 5.32 Å². The lowest BCUT2D eigenvalue weighted by Gasteiger charge is -2.13. The minimum absolute atomic E-state index is 0.0185. The molecule has 0 saturated heterocycles. The summed E-state index contributed by atoms with van der Waals surface area (Å²) in [5.41, 5.74) is 0.125. The van der Waals surface area contributed by atoms with Crippen LogP contribution in [0.15, 0.2) is 23.1 Å². The van der Waals surface area contributed by atoms with Gasteiger partial charge >= 0.3 is 0 Å². The SMILES string of the molecule is COCCOCCCNC(=O)c1cc(S(=O)(=O)N(C)C)ccc1Cl. The van der Waals surface area contributed by atoms with Crippen LogP contribution < -0.4 is 5.32 Å². The van der Waals surface area contributed by atoms with Gasteiger partial charge < -0.3 is 14.8 Å². The summed E-state index contributed by atoms with van der Waals surface area (Å²) < 4.78 is 35.5. The van der Waals surface area contributed by atoms with Gasteiger partial charge in [0.25, 0.3) is 5.91 Å². The zero-order valence-corrected chi connectivity index (χ0v) is 15.6. The van der Waals surface area contributed by atoms with Crippen LogP contribution in [0, 0.1) is 0 Å². The molecule has 0 unspecified atom stereocenters. The lowest BCUT2D eigenvalue weighted by Crippen LogP contribution is -2.27. The average Bonchev–Trinajstić information content (AvgIpc) is 2.53. The summed E-state index contributed by atoms with van der Waals surface area (Å²) in [6, 6.07) is 4.06. The Bertz CT molecular complexity index is 649. The molecule has 9 heteroatoms. The highest BCUT2D eigenvalue weighted by Crippen LogP contribution is 2.22. The molecule has 0 spiro atoms. The number of halogens is 1. The third-order valence-electron chi connectivity index (χ3n) is 3.14. The third kappa shape index (κ3) is 6.03. The van der Waals surface area contributed by atoms with Crippen LogP contribution in [0.4, 0.5) is 0 Å². The van der Waals surface area contributed by atoms with Gasteiger partial charge in [-0.15, -0.1) is 0 Å². The standard InChI is InChI=1S/C15H23ClN2O5S/c1-18(2)24(20,21)12-5-6-14(16)13(11-12)15(19)17-7-4-8-23-10-9-22-3/h5-6,11H,4,7-10H2,1-3H3,(H,17,19). The largest absolute Gasteiger partial charge is 0.382 e. The second kappa shape index (κ2) is 9.95. The van der Waals surface area contributed by atoms with Gasteiger partial charge in [0.05, 0.1) is 28.7 Å². The number of ether oxygens (including phenoxy) is 2. The monoisotopic (exact) mass is 378 g/mol. The van der Waals surface area contributed by atoms with E-state index in [0.29, 0.717) is 32.8 Å². The normalized spacial score (nSPS) is 11.7. The minimum Gasteiger partial charge on any atom is -0.382 e. The molecule has 136 valence electrons. The summed E-state index contributed by atoms with van der Waals surface area (Å²) in [4.78, 5) is 12.2. The molecule has 1 aromatic rings. The fourth-order valence-corrected chi connectivity index (χ4v) is 2.90. The Balaban J connectivity index is 2.64. The topological polar surface area (TPSA) is 84.9 Å². The van der Waals surface area contributed by atoms with Crippen molar-refractivity contribution in [3.05, 3.63) is 28.8 Å². The Labute approximate surface area is 147 Å². The van der Waals surface area contributed by atoms with Crippen LogP contribution in [0.3, 0.4) is 0 Å². The maximum absolute atomic E-state index is 12.2. The first-order valence-corrected chi connectivity index (χ1v) is 9.19. The molecular weight excluding hydrogens is 356 g/mol. The molecule has 0 saturated carbocycles. The van der Waals surface area contributed by atoms with Crippen molar-refractivity contribution in [2.75, 3.05) is 47.6 Å². The molecule has 0 aliphatic heterocycles. The number of methoxy groups -OCH3 is 1. The van der Waals surface area contributed by atoms with Crippen molar-refractivity contribution in [2.45, 2.75) is 11.3 Å². The Morgan fingerprint density at radius 1 is 1.25 bits per heavy atom. The number of nitrogens with one attached hydrogen (secondary N) is 1. The highest BCUT2D eigenvalue weighted by molar-refractivity contribution is 7.89. The smallest absolute Gasteiger partial charge is 0.252 e. The van der Waals surface area contributed by atoms with Crippen LogP contribution >= 0.6 is 11.6 Å². The summed E-state index contributed by atoms with van der Waals surface area (Å²) in [7, 11) is 0.818. The number of carbonyl (C=O) groups is 1. The van der Waals surface area contributed by atoms with Gasteiger partial charge in [-0.3, -0.25) is 4.79 Å². The Kier molecular flexibility index (Phi) is 8.65. The number of benzene rings is 1. The summed E-state index contributed by atoms with van der Waals surface area (Å²) in [6.07, 6.45) is 0.628. The van der Waals surface area contributed by atoms with Crippen molar-refractivity contribution in [1.29, 1.82) is 0 Å². The van der Waals surface area contributed by atoms with E-state index < -0.39 is 15.9 Å². The number of rotatable bonds is 10. The first-order valence-electron chi connectivity index (χ1n) is 7.37. The molecule has 0 radical (unpaired) electrons. The molecule has 0 aromatic heterocycles. The van der Waals surface area contributed by atoms with Gasteiger partial charge in [0.15, 0.2) is 0 Å². The molecular formula is C15H23ClN2O5S. The highest BCUT2D eigenvalue weighted by atomic mass is 35.5. The number of hydrogen-bond donors (Lipinski definition) is 1. The van der Waals surface area contributed by atoms with E-state index in [4.69, 9.17) is 21.1 Å². The van der Waals surface area contributed by atoms with Crippen LogP contribution in [0.1, 0.15) is 16.8 Å². The minimum atomic E-state index is -3.62. The maximum Gasteiger partial charge on any atom is 0.252 e. The van der Waals surface area contributed by atoms with Crippen molar-refractivity contribution in [3.63, 3.8) is 0 Å². The third-order valence-corrected chi connectivity index (χ3v) is 5.28. The Morgan fingerprint density at radius 2 is 1.96 bits per heavy atom. The number of hydrogen-bond acceptors (Lipinski definition) is 5. The summed E-state index contributed by atoms with van der Waals surface area (Å²) in [5, 5.41) is 2.89. The van der Waals surface area contributed by atoms with Crippen LogP contribution in [-0.4, -0.2) is 66.2 Å². The van der Waals surface area contributed by atoms with Gasteiger partial charge in [0.2, 0.25) is 10.0 Å². The predicted molar refractivity (Wildman–Crippen MR) is 92.0 cm³/mol. The van der Waals surface area contributed by atoms with E-state index in [1.807, 2.05) is 0 Å². The van der Waals surface area contributed by atoms with Gasteiger partial charge in [-0.1, -0.05) is 11.6 Å². The van der Waals surface area contributed by atoms with Crippen LogP contribution in [0.2, 0.25) is 5.02 Å². The van der Waals surface area contributed by atoms with Crippen LogP contribution in [0.25, 0.3) is 0 Å². The van der Waals surface area contributed by atoms with E-state index in [-0.39, 0.29) is 15.5 Å². The number of sulfonamides is 1. The van der Waals surface area contributed by atoms with Crippen molar-refractivity contribution in [1.82, 2.24) is 9.62 Å². The summed E-state index contributed by atoms with van der Waals surface area (Å²) >= 11 is 6.01. The molecule has 1 amide bonds. The molecule has 0 atom stereocenters. The molecule has 0 fully saturated rings. The second-order valence-corrected chi connectivity index (χ2v) is 7.70. The maximum atomic E-state index is 12.2. The number of carbonyl (C=O) groups excluding carboxylic acids is 1. The quantitative estimate of drug-likeness (QED) is 0.621. The van der Waals surface area contributed by atoms with E-state index in [9.17, 15) is 13.2 Å². The first-order chi connectivity index (χ1) is 11.3. The lowest BCUT2D eigenvalue weighted by molar-refractivity contribution is 0.0688. The van der Waals surface area contributed by atoms with E-state index in [1.165, 1.54) is 32.3 Å². The van der Waals surface area contributed by atoms with E-state index >= 15 is 0 Å². The van der Waals surface area contributed by atoms with Crippen LogP contribution in [0.5, 0.6) is 0 Å². The molecule has 1 rings (SSSR count). The highest BCUT2D eigenvalue weighted by Gasteiger charge is 2.20. The summed E-state index contributed by atoms with van der Waals surface area (Å²) in [6.45, 7) is 1.91. The zero-order valence-electron chi connectivity index (χ0n) is 14.0. The first kappa shape index (κ1) is 20.9.